The summed E-state index contributed by atoms with van der Waals surface area (Å²) in [5.41, 5.74) is 2.45. The van der Waals surface area contributed by atoms with Gasteiger partial charge in [-0.05, 0) is 50.5 Å². The second-order valence-corrected chi connectivity index (χ2v) is 8.77. The summed E-state index contributed by atoms with van der Waals surface area (Å²) in [6, 6.07) is 3.87. The molecule has 0 aliphatic carbocycles. The molecule has 1 aliphatic heterocycles. The molecule has 3 heterocycles. The van der Waals surface area contributed by atoms with Crippen LogP contribution < -0.4 is 10.5 Å². The van der Waals surface area contributed by atoms with Crippen LogP contribution in [0.1, 0.15) is 31.9 Å². The van der Waals surface area contributed by atoms with Crippen LogP contribution in [-0.4, -0.2) is 26.3 Å². The van der Waals surface area contributed by atoms with Crippen LogP contribution in [0.4, 0.5) is 5.95 Å². The normalized spacial score (nSPS) is 14.7. The molecule has 136 valence electrons. The van der Waals surface area contributed by atoms with Gasteiger partial charge in [-0.1, -0.05) is 27.5 Å². The van der Waals surface area contributed by atoms with Crippen LogP contribution in [0.15, 0.2) is 27.6 Å². The molecule has 0 radical (unpaired) electrons. The van der Waals surface area contributed by atoms with Gasteiger partial charge in [-0.3, -0.25) is 9.78 Å². The maximum absolute atomic E-state index is 12.5. The summed E-state index contributed by atoms with van der Waals surface area (Å²) in [5.74, 6) is 0.551. The van der Waals surface area contributed by atoms with Crippen molar-refractivity contribution in [2.24, 2.45) is 0 Å². The van der Waals surface area contributed by atoms with Gasteiger partial charge in [0.2, 0.25) is 5.95 Å². The van der Waals surface area contributed by atoms with E-state index in [1.54, 1.807) is 10.9 Å². The Hall–Kier alpha value is -1.86. The Bertz CT molecular complexity index is 1070. The number of aromatic amines is 1. The molecule has 0 amide bonds. The van der Waals surface area contributed by atoms with Crippen molar-refractivity contribution in [2.75, 3.05) is 11.4 Å². The van der Waals surface area contributed by atoms with Crippen molar-refractivity contribution >= 4 is 44.5 Å². The Balaban J connectivity index is 1.80. The van der Waals surface area contributed by atoms with E-state index in [1.165, 1.54) is 5.56 Å². The molecule has 1 N–H and O–H groups in total. The van der Waals surface area contributed by atoms with Gasteiger partial charge in [0.15, 0.2) is 5.65 Å². The molecule has 1 aliphatic rings. The van der Waals surface area contributed by atoms with Gasteiger partial charge in [-0.25, -0.2) is 4.68 Å². The monoisotopic (exact) mass is 435 g/mol. The van der Waals surface area contributed by atoms with Crippen molar-refractivity contribution in [3.63, 3.8) is 0 Å². The Morgan fingerprint density at radius 1 is 1.27 bits per heavy atom. The van der Waals surface area contributed by atoms with Crippen molar-refractivity contribution in [2.45, 2.75) is 39.3 Å². The highest BCUT2D eigenvalue weighted by Crippen LogP contribution is 2.33. The number of nitrogens with one attached hydrogen (secondary N) is 1. The lowest BCUT2D eigenvalue weighted by molar-refractivity contribution is 0.366. The number of fused-ring (bicyclic) bond motifs is 2. The molecular weight excluding hydrogens is 418 g/mol. The number of anilines is 1. The van der Waals surface area contributed by atoms with E-state index in [1.807, 2.05) is 32.9 Å². The molecule has 0 saturated carbocycles. The van der Waals surface area contributed by atoms with E-state index < -0.39 is 0 Å². The third-order valence-electron chi connectivity index (χ3n) is 4.66. The number of benzene rings is 1. The van der Waals surface area contributed by atoms with Crippen molar-refractivity contribution in [3.05, 3.63) is 49.3 Å². The van der Waals surface area contributed by atoms with Gasteiger partial charge in [-0.15, -0.1) is 0 Å². The molecule has 4 rings (SSSR count). The van der Waals surface area contributed by atoms with Crippen LogP contribution in [0, 0.1) is 0 Å². The number of hydrogen-bond acceptors (Lipinski definition) is 4. The summed E-state index contributed by atoms with van der Waals surface area (Å²) in [5, 5.41) is 5.60. The lowest BCUT2D eigenvalue weighted by Crippen LogP contribution is -2.34. The molecule has 8 heteroatoms. The fourth-order valence-corrected chi connectivity index (χ4v) is 4.13. The highest BCUT2D eigenvalue weighted by atomic mass is 79.9. The molecule has 26 heavy (non-hydrogen) atoms. The molecule has 0 saturated heterocycles. The maximum atomic E-state index is 12.5. The number of halogens is 2. The summed E-state index contributed by atoms with van der Waals surface area (Å²) in [7, 11) is 0. The summed E-state index contributed by atoms with van der Waals surface area (Å²) in [6.45, 7) is 7.47. The second kappa shape index (κ2) is 6.09. The van der Waals surface area contributed by atoms with Crippen molar-refractivity contribution in [3.8, 4) is 0 Å². The van der Waals surface area contributed by atoms with E-state index in [0.29, 0.717) is 23.5 Å². The Morgan fingerprint density at radius 3 is 2.77 bits per heavy atom. The van der Waals surface area contributed by atoms with E-state index in [4.69, 9.17) is 16.6 Å². The van der Waals surface area contributed by atoms with Gasteiger partial charge in [0.05, 0.1) is 11.7 Å². The molecule has 2 aromatic heterocycles. The SMILES string of the molecule is CC(C)(C)n1ncc2c(=O)[nH]c(N3CCc4c(Br)ccc(Cl)c4C3)nc21. The summed E-state index contributed by atoms with van der Waals surface area (Å²) in [6.07, 6.45) is 2.41. The summed E-state index contributed by atoms with van der Waals surface area (Å²) < 4.78 is 2.86. The smallest absolute Gasteiger partial charge is 0.263 e. The van der Waals surface area contributed by atoms with E-state index in [0.717, 1.165) is 28.0 Å². The third-order valence-corrected chi connectivity index (χ3v) is 5.76. The Morgan fingerprint density at radius 2 is 2.04 bits per heavy atom. The molecular formula is C18H19BrClN5O. The first-order chi connectivity index (χ1) is 12.3. The van der Waals surface area contributed by atoms with Gasteiger partial charge in [0.25, 0.3) is 5.56 Å². The fraction of sp³-hybridized carbons (Fsp3) is 0.389. The van der Waals surface area contributed by atoms with Gasteiger partial charge >= 0.3 is 0 Å². The van der Waals surface area contributed by atoms with Gasteiger partial charge in [0, 0.05) is 22.6 Å². The molecule has 0 spiro atoms. The predicted octanol–water partition coefficient (Wildman–Crippen LogP) is 3.85. The van der Waals surface area contributed by atoms with Crippen molar-refractivity contribution < 1.29 is 0 Å². The number of rotatable bonds is 1. The third kappa shape index (κ3) is 2.83. The molecule has 6 nitrogen and oxygen atoms in total. The van der Waals surface area contributed by atoms with Crippen molar-refractivity contribution in [1.82, 2.24) is 19.7 Å². The average molecular weight is 437 g/mol. The lowest BCUT2D eigenvalue weighted by atomic mass is 10.00. The lowest BCUT2D eigenvalue weighted by Gasteiger charge is -2.30. The quantitative estimate of drug-likeness (QED) is 0.629. The fourth-order valence-electron chi connectivity index (χ4n) is 3.32. The number of nitrogens with zero attached hydrogens (tertiary/aromatic N) is 4. The minimum absolute atomic E-state index is 0.174. The maximum Gasteiger partial charge on any atom is 0.263 e. The zero-order valence-electron chi connectivity index (χ0n) is 14.8. The molecule has 0 unspecified atom stereocenters. The minimum atomic E-state index is -0.261. The van der Waals surface area contributed by atoms with E-state index in [-0.39, 0.29) is 11.1 Å². The first kappa shape index (κ1) is 17.5. The minimum Gasteiger partial charge on any atom is -0.338 e. The Labute approximate surface area is 164 Å². The van der Waals surface area contributed by atoms with Gasteiger partial charge < -0.3 is 4.90 Å². The van der Waals surface area contributed by atoms with E-state index in [9.17, 15) is 4.79 Å². The average Bonchev–Trinajstić information content (AvgIpc) is 3.03. The number of H-pyrrole nitrogens is 1. The highest BCUT2D eigenvalue weighted by molar-refractivity contribution is 9.10. The summed E-state index contributed by atoms with van der Waals surface area (Å²) in [4.78, 5) is 22.2. The van der Waals surface area contributed by atoms with E-state index >= 15 is 0 Å². The molecule has 0 bridgehead atoms. The van der Waals surface area contributed by atoms with Crippen LogP contribution in [0.5, 0.6) is 0 Å². The molecule has 1 aromatic carbocycles. The van der Waals surface area contributed by atoms with Crippen LogP contribution in [-0.2, 0) is 18.5 Å². The molecule has 3 aromatic rings. The topological polar surface area (TPSA) is 66.8 Å². The standard InChI is InChI=1S/C18H19BrClN5O/c1-18(2,3)25-15-11(8-21-25)16(26)23-17(22-15)24-7-6-10-12(9-24)14(20)5-4-13(10)19/h4-5,8H,6-7,9H2,1-3H3,(H,22,23,26). The zero-order valence-corrected chi connectivity index (χ0v) is 17.1. The largest absolute Gasteiger partial charge is 0.338 e. The molecule has 0 fully saturated rings. The first-order valence-corrected chi connectivity index (χ1v) is 9.62. The second-order valence-electron chi connectivity index (χ2n) is 7.51. The Kier molecular flexibility index (Phi) is 4.11. The zero-order chi connectivity index (χ0) is 18.6. The highest BCUT2D eigenvalue weighted by Gasteiger charge is 2.25. The number of aromatic nitrogens is 4. The first-order valence-electron chi connectivity index (χ1n) is 8.45. The van der Waals surface area contributed by atoms with Crippen molar-refractivity contribution in [1.29, 1.82) is 0 Å². The number of hydrogen-bond donors (Lipinski definition) is 1. The van der Waals surface area contributed by atoms with E-state index in [2.05, 4.69) is 30.9 Å². The van der Waals surface area contributed by atoms with Gasteiger partial charge in [0.1, 0.15) is 5.39 Å². The summed E-state index contributed by atoms with van der Waals surface area (Å²) >= 11 is 10.0. The van der Waals surface area contributed by atoms with Crippen LogP contribution in [0.2, 0.25) is 5.02 Å². The van der Waals surface area contributed by atoms with Gasteiger partial charge in [-0.2, -0.15) is 10.1 Å². The van der Waals surface area contributed by atoms with Crippen LogP contribution in [0.3, 0.4) is 0 Å². The predicted molar refractivity (Wildman–Crippen MR) is 107 cm³/mol. The molecule has 0 atom stereocenters. The van der Waals surface area contributed by atoms with Crippen LogP contribution in [0.25, 0.3) is 11.0 Å². The van der Waals surface area contributed by atoms with Crippen LogP contribution >= 0.6 is 27.5 Å².